The first-order valence-corrected chi connectivity index (χ1v) is 7.30. The normalized spacial score (nSPS) is 20.5. The summed E-state index contributed by atoms with van der Waals surface area (Å²) in [4.78, 5) is 12.1. The van der Waals surface area contributed by atoms with Gasteiger partial charge in [-0.05, 0) is 42.5 Å². The van der Waals surface area contributed by atoms with Gasteiger partial charge in [0, 0.05) is 5.92 Å². The van der Waals surface area contributed by atoms with Crippen molar-refractivity contribution in [3.63, 3.8) is 0 Å². The van der Waals surface area contributed by atoms with E-state index in [0.29, 0.717) is 11.6 Å². The van der Waals surface area contributed by atoms with E-state index in [2.05, 4.69) is 10.5 Å². The van der Waals surface area contributed by atoms with E-state index >= 15 is 0 Å². The van der Waals surface area contributed by atoms with Gasteiger partial charge in [0.2, 0.25) is 5.91 Å². The minimum absolute atomic E-state index is 0.00725. The fourth-order valence-corrected chi connectivity index (χ4v) is 2.53. The molecule has 3 rings (SSSR count). The second kappa shape index (κ2) is 6.10. The molecule has 0 saturated heterocycles. The van der Waals surface area contributed by atoms with Crippen molar-refractivity contribution in [2.45, 2.75) is 19.3 Å². The molecule has 2 aromatic carbocycles. The van der Waals surface area contributed by atoms with Gasteiger partial charge >= 0.3 is 0 Å². The third-order valence-corrected chi connectivity index (χ3v) is 3.95. The Bertz CT molecular complexity index is 695. The van der Waals surface area contributed by atoms with Crippen molar-refractivity contribution in [2.75, 3.05) is 0 Å². The molecule has 0 heterocycles. The molecule has 1 aliphatic rings. The van der Waals surface area contributed by atoms with E-state index in [1.165, 1.54) is 17.7 Å². The highest BCUT2D eigenvalue weighted by Gasteiger charge is 2.43. The molecule has 1 amide bonds. The Kier molecular flexibility index (Phi) is 4.00. The van der Waals surface area contributed by atoms with Crippen LogP contribution in [-0.2, 0) is 4.79 Å². The maximum Gasteiger partial charge on any atom is 0.243 e. The molecule has 0 aliphatic heterocycles. The fourth-order valence-electron chi connectivity index (χ4n) is 2.53. The second-order valence-corrected chi connectivity index (χ2v) is 5.54. The van der Waals surface area contributed by atoms with Crippen molar-refractivity contribution in [1.29, 1.82) is 0 Å². The van der Waals surface area contributed by atoms with Crippen LogP contribution < -0.4 is 5.43 Å². The topological polar surface area (TPSA) is 41.5 Å². The first-order chi connectivity index (χ1) is 10.6. The number of amides is 1. The molecule has 0 unspecified atom stereocenters. The number of halogens is 1. The summed E-state index contributed by atoms with van der Waals surface area (Å²) in [6.07, 6.45) is 0.862. The van der Waals surface area contributed by atoms with Gasteiger partial charge in [-0.3, -0.25) is 4.79 Å². The minimum atomic E-state index is -0.288. The number of hydrazone groups is 1. The average Bonchev–Trinajstić information content (AvgIpc) is 3.34. The number of nitrogens with one attached hydrogen (secondary N) is 1. The van der Waals surface area contributed by atoms with Crippen molar-refractivity contribution < 1.29 is 9.18 Å². The summed E-state index contributed by atoms with van der Waals surface area (Å²) in [6, 6.07) is 16.1. The third-order valence-electron chi connectivity index (χ3n) is 3.95. The van der Waals surface area contributed by atoms with Gasteiger partial charge in [0.15, 0.2) is 0 Å². The molecule has 4 heteroatoms. The van der Waals surface area contributed by atoms with E-state index in [9.17, 15) is 9.18 Å². The zero-order valence-corrected chi connectivity index (χ0v) is 12.3. The number of nitrogens with zero attached hydrogens (tertiary/aromatic N) is 1. The SMILES string of the molecule is C/C(=N/NC(=O)[C@H]1C[C@H]1c1ccccc1)c1ccc(F)cc1. The van der Waals surface area contributed by atoms with E-state index in [-0.39, 0.29) is 17.6 Å². The van der Waals surface area contributed by atoms with Crippen molar-refractivity contribution >= 4 is 11.6 Å². The largest absolute Gasteiger partial charge is 0.273 e. The van der Waals surface area contributed by atoms with Gasteiger partial charge < -0.3 is 0 Å². The summed E-state index contributed by atoms with van der Waals surface area (Å²) in [5.41, 5.74) is 5.26. The number of hydrogen-bond acceptors (Lipinski definition) is 2. The van der Waals surface area contributed by atoms with Crippen LogP contribution in [0, 0.1) is 11.7 Å². The lowest BCUT2D eigenvalue weighted by molar-refractivity contribution is -0.122. The third kappa shape index (κ3) is 3.22. The Morgan fingerprint density at radius 3 is 2.50 bits per heavy atom. The molecule has 2 aromatic rings. The summed E-state index contributed by atoms with van der Waals surface area (Å²) >= 11 is 0. The van der Waals surface area contributed by atoms with Crippen LogP contribution in [0.25, 0.3) is 0 Å². The van der Waals surface area contributed by atoms with Gasteiger partial charge in [-0.2, -0.15) is 5.10 Å². The highest BCUT2D eigenvalue weighted by atomic mass is 19.1. The quantitative estimate of drug-likeness (QED) is 0.681. The Hall–Kier alpha value is -2.49. The van der Waals surface area contributed by atoms with Crippen LogP contribution in [0.5, 0.6) is 0 Å². The zero-order chi connectivity index (χ0) is 15.5. The van der Waals surface area contributed by atoms with E-state index < -0.39 is 0 Å². The predicted octanol–water partition coefficient (Wildman–Crippen LogP) is 3.47. The number of benzene rings is 2. The number of carbonyl (C=O) groups excluding carboxylic acids is 1. The van der Waals surface area contributed by atoms with Crippen LogP contribution in [0.3, 0.4) is 0 Å². The Morgan fingerprint density at radius 2 is 1.82 bits per heavy atom. The van der Waals surface area contributed by atoms with Crippen LogP contribution in [0.1, 0.15) is 30.4 Å². The maximum atomic E-state index is 12.9. The summed E-state index contributed by atoms with van der Waals surface area (Å²) in [6.45, 7) is 1.79. The Balaban J connectivity index is 1.59. The Morgan fingerprint density at radius 1 is 1.14 bits per heavy atom. The van der Waals surface area contributed by atoms with Gasteiger partial charge in [-0.15, -0.1) is 0 Å². The first-order valence-electron chi connectivity index (χ1n) is 7.30. The smallest absolute Gasteiger partial charge is 0.243 e. The lowest BCUT2D eigenvalue weighted by Gasteiger charge is -2.03. The highest BCUT2D eigenvalue weighted by molar-refractivity contribution is 5.99. The van der Waals surface area contributed by atoms with Crippen molar-refractivity contribution in [2.24, 2.45) is 11.0 Å². The molecule has 0 bridgehead atoms. The second-order valence-electron chi connectivity index (χ2n) is 5.54. The summed E-state index contributed by atoms with van der Waals surface area (Å²) in [7, 11) is 0. The fraction of sp³-hybridized carbons (Fsp3) is 0.222. The molecule has 1 N–H and O–H groups in total. The molecule has 0 aromatic heterocycles. The highest BCUT2D eigenvalue weighted by Crippen LogP contribution is 2.47. The average molecular weight is 296 g/mol. The summed E-state index contributed by atoms with van der Waals surface area (Å²) < 4.78 is 12.9. The summed E-state index contributed by atoms with van der Waals surface area (Å²) in [5, 5.41) is 4.11. The molecule has 1 aliphatic carbocycles. The zero-order valence-electron chi connectivity index (χ0n) is 12.3. The van der Waals surface area contributed by atoms with Crippen molar-refractivity contribution in [3.05, 3.63) is 71.5 Å². The number of carbonyl (C=O) groups is 1. The molecule has 3 nitrogen and oxygen atoms in total. The van der Waals surface area contributed by atoms with E-state index in [1.54, 1.807) is 19.1 Å². The van der Waals surface area contributed by atoms with Crippen LogP contribution in [0.4, 0.5) is 4.39 Å². The first kappa shape index (κ1) is 14.4. The molecule has 0 spiro atoms. The van der Waals surface area contributed by atoms with E-state index in [0.717, 1.165) is 12.0 Å². The molecule has 2 atom stereocenters. The maximum absolute atomic E-state index is 12.9. The van der Waals surface area contributed by atoms with Gasteiger partial charge in [0.05, 0.1) is 5.71 Å². The molecule has 1 fully saturated rings. The van der Waals surface area contributed by atoms with E-state index in [4.69, 9.17) is 0 Å². The molecule has 0 radical (unpaired) electrons. The van der Waals surface area contributed by atoms with Crippen molar-refractivity contribution in [1.82, 2.24) is 5.43 Å². The predicted molar refractivity (Wildman–Crippen MR) is 84.0 cm³/mol. The lowest BCUT2D eigenvalue weighted by Crippen LogP contribution is -2.21. The molecular weight excluding hydrogens is 279 g/mol. The Labute approximate surface area is 128 Å². The minimum Gasteiger partial charge on any atom is -0.273 e. The number of hydrogen-bond donors (Lipinski definition) is 1. The molecular formula is C18H17FN2O. The van der Waals surface area contributed by atoms with Crippen LogP contribution in [-0.4, -0.2) is 11.6 Å². The summed E-state index contributed by atoms with van der Waals surface area (Å²) in [5.74, 6) is -0.0609. The number of rotatable bonds is 4. The van der Waals surface area contributed by atoms with Gasteiger partial charge in [-0.1, -0.05) is 42.5 Å². The van der Waals surface area contributed by atoms with Crippen molar-refractivity contribution in [3.8, 4) is 0 Å². The lowest BCUT2D eigenvalue weighted by atomic mass is 10.1. The molecule has 1 saturated carbocycles. The molecule has 22 heavy (non-hydrogen) atoms. The molecule has 112 valence electrons. The van der Waals surface area contributed by atoms with Crippen LogP contribution >= 0.6 is 0 Å². The standard InChI is InChI=1S/C18H17FN2O/c1-12(13-7-9-15(19)10-8-13)20-21-18(22)17-11-16(17)14-5-3-2-4-6-14/h2-10,16-17H,11H2,1H3,(H,21,22)/b20-12-/t16-,17-/m0/s1. The van der Waals surface area contributed by atoms with Gasteiger partial charge in [0.25, 0.3) is 0 Å². The van der Waals surface area contributed by atoms with Crippen LogP contribution in [0.2, 0.25) is 0 Å². The monoisotopic (exact) mass is 296 g/mol. The van der Waals surface area contributed by atoms with Crippen LogP contribution in [0.15, 0.2) is 59.7 Å². The van der Waals surface area contributed by atoms with Gasteiger partial charge in [-0.25, -0.2) is 9.82 Å². The van der Waals surface area contributed by atoms with E-state index in [1.807, 2.05) is 30.3 Å². The van der Waals surface area contributed by atoms with Gasteiger partial charge in [0.1, 0.15) is 5.82 Å².